The summed E-state index contributed by atoms with van der Waals surface area (Å²) in [7, 11) is 0. The van der Waals surface area contributed by atoms with Crippen molar-refractivity contribution in [2.75, 3.05) is 6.61 Å². The number of rotatable bonds is 3. The van der Waals surface area contributed by atoms with Gasteiger partial charge in [-0.2, -0.15) is 0 Å². The molecule has 0 radical (unpaired) electrons. The Morgan fingerprint density at radius 1 is 1.15 bits per heavy atom. The molecule has 1 unspecified atom stereocenters. The van der Waals surface area contributed by atoms with E-state index in [4.69, 9.17) is 10.5 Å². The zero-order valence-electron chi connectivity index (χ0n) is 10.9. The highest BCUT2D eigenvalue weighted by atomic mass is 19.2. The number of para-hydroxylation sites is 1. The smallest absolute Gasteiger partial charge is 0.159 e. The molecule has 0 aliphatic carbocycles. The summed E-state index contributed by atoms with van der Waals surface area (Å²) in [4.78, 5) is 0. The molecular formula is C16H15F2NO. The van der Waals surface area contributed by atoms with E-state index in [9.17, 15) is 8.78 Å². The largest absolute Gasteiger partial charge is 0.493 e. The van der Waals surface area contributed by atoms with E-state index in [-0.39, 0.29) is 6.04 Å². The molecule has 0 spiro atoms. The Morgan fingerprint density at radius 2 is 2.00 bits per heavy atom. The van der Waals surface area contributed by atoms with Crippen molar-refractivity contribution >= 4 is 0 Å². The molecule has 3 rings (SSSR count). The molecular weight excluding hydrogens is 260 g/mol. The van der Waals surface area contributed by atoms with E-state index >= 15 is 0 Å². The molecule has 0 fully saturated rings. The monoisotopic (exact) mass is 275 g/mol. The third-order valence-corrected chi connectivity index (χ3v) is 3.58. The minimum Gasteiger partial charge on any atom is -0.493 e. The molecule has 1 aliphatic rings. The Kier molecular flexibility index (Phi) is 3.40. The minimum absolute atomic E-state index is 0.298. The van der Waals surface area contributed by atoms with E-state index in [1.807, 2.05) is 18.2 Å². The number of fused-ring (bicyclic) bond motifs is 1. The van der Waals surface area contributed by atoms with Crippen LogP contribution in [0.15, 0.2) is 36.4 Å². The maximum Gasteiger partial charge on any atom is 0.159 e. The van der Waals surface area contributed by atoms with Gasteiger partial charge in [0.05, 0.1) is 6.61 Å². The topological polar surface area (TPSA) is 35.2 Å². The second-order valence-corrected chi connectivity index (χ2v) is 4.99. The van der Waals surface area contributed by atoms with Crippen molar-refractivity contribution in [2.45, 2.75) is 18.9 Å². The number of hydrogen-bond donors (Lipinski definition) is 1. The Balaban J connectivity index is 1.84. The highest BCUT2D eigenvalue weighted by Crippen LogP contribution is 2.33. The van der Waals surface area contributed by atoms with Gasteiger partial charge in [-0.3, -0.25) is 0 Å². The van der Waals surface area contributed by atoms with Gasteiger partial charge in [0, 0.05) is 18.0 Å². The van der Waals surface area contributed by atoms with E-state index in [1.165, 1.54) is 6.07 Å². The molecule has 0 amide bonds. The van der Waals surface area contributed by atoms with Gasteiger partial charge in [0.2, 0.25) is 0 Å². The molecule has 0 aromatic heterocycles. The van der Waals surface area contributed by atoms with Gasteiger partial charge in [-0.05, 0) is 29.7 Å². The van der Waals surface area contributed by atoms with E-state index in [0.717, 1.165) is 29.4 Å². The van der Waals surface area contributed by atoms with E-state index in [2.05, 4.69) is 0 Å². The van der Waals surface area contributed by atoms with Crippen molar-refractivity contribution in [1.29, 1.82) is 0 Å². The molecule has 2 aromatic carbocycles. The first-order valence-electron chi connectivity index (χ1n) is 6.59. The Morgan fingerprint density at radius 3 is 2.80 bits per heavy atom. The van der Waals surface area contributed by atoms with Crippen LogP contribution in [0.3, 0.4) is 0 Å². The maximum atomic E-state index is 13.2. The quantitative estimate of drug-likeness (QED) is 0.934. The normalized spacial score (nSPS) is 14.8. The van der Waals surface area contributed by atoms with Crippen LogP contribution in [0.1, 0.15) is 22.7 Å². The van der Waals surface area contributed by atoms with E-state index in [1.54, 1.807) is 6.07 Å². The predicted molar refractivity (Wildman–Crippen MR) is 72.6 cm³/mol. The van der Waals surface area contributed by atoms with Crippen LogP contribution >= 0.6 is 0 Å². The van der Waals surface area contributed by atoms with Crippen molar-refractivity contribution in [3.63, 3.8) is 0 Å². The summed E-state index contributed by atoms with van der Waals surface area (Å²) in [6.07, 6.45) is 1.33. The van der Waals surface area contributed by atoms with Gasteiger partial charge in [-0.1, -0.05) is 24.3 Å². The summed E-state index contributed by atoms with van der Waals surface area (Å²) in [5.41, 5.74) is 8.94. The minimum atomic E-state index is -0.843. The second kappa shape index (κ2) is 5.21. The Hall–Kier alpha value is -1.94. The van der Waals surface area contributed by atoms with Crippen molar-refractivity contribution in [3.05, 3.63) is 64.7 Å². The van der Waals surface area contributed by atoms with Crippen LogP contribution < -0.4 is 10.5 Å². The molecule has 2 aromatic rings. The molecule has 1 aliphatic heterocycles. The second-order valence-electron chi connectivity index (χ2n) is 4.99. The third-order valence-electron chi connectivity index (χ3n) is 3.58. The number of halogens is 2. The van der Waals surface area contributed by atoms with Gasteiger partial charge in [0.25, 0.3) is 0 Å². The highest BCUT2D eigenvalue weighted by Gasteiger charge is 2.20. The molecule has 1 heterocycles. The van der Waals surface area contributed by atoms with Crippen LogP contribution in [0.25, 0.3) is 0 Å². The first kappa shape index (κ1) is 13.1. The lowest BCUT2D eigenvalue weighted by Gasteiger charge is -2.15. The summed E-state index contributed by atoms with van der Waals surface area (Å²) in [5.74, 6) is -0.835. The van der Waals surface area contributed by atoms with Crippen molar-refractivity contribution in [3.8, 4) is 5.75 Å². The Labute approximate surface area is 116 Å². The Bertz CT molecular complexity index is 642. The first-order chi connectivity index (χ1) is 9.65. The summed E-state index contributed by atoms with van der Waals surface area (Å²) in [6.45, 7) is 0.671. The molecule has 1 atom stereocenters. The molecule has 2 N–H and O–H groups in total. The highest BCUT2D eigenvalue weighted by molar-refractivity contribution is 5.46. The number of nitrogens with two attached hydrogens (primary N) is 1. The van der Waals surface area contributed by atoms with Crippen LogP contribution in [0.4, 0.5) is 8.78 Å². The predicted octanol–water partition coefficient (Wildman–Crippen LogP) is 3.14. The lowest BCUT2D eigenvalue weighted by molar-refractivity contribution is 0.351. The van der Waals surface area contributed by atoms with Crippen LogP contribution in [-0.2, 0) is 12.8 Å². The standard InChI is InChI=1S/C16H15F2NO/c17-13-5-4-10(8-14(13)18)9-15(19)12-3-1-2-11-6-7-20-16(11)12/h1-5,8,15H,6-7,9,19H2. The van der Waals surface area contributed by atoms with Crippen LogP contribution in [0, 0.1) is 11.6 Å². The van der Waals surface area contributed by atoms with Gasteiger partial charge < -0.3 is 10.5 Å². The summed E-state index contributed by atoms with van der Waals surface area (Å²) in [6, 6.07) is 9.48. The fraction of sp³-hybridized carbons (Fsp3) is 0.250. The van der Waals surface area contributed by atoms with Gasteiger partial charge in [-0.25, -0.2) is 8.78 Å². The molecule has 2 nitrogen and oxygen atoms in total. The number of benzene rings is 2. The van der Waals surface area contributed by atoms with E-state index in [0.29, 0.717) is 18.6 Å². The van der Waals surface area contributed by atoms with E-state index < -0.39 is 11.6 Å². The fourth-order valence-electron chi connectivity index (χ4n) is 2.56. The molecule has 104 valence electrons. The lowest BCUT2D eigenvalue weighted by Crippen LogP contribution is -2.14. The summed E-state index contributed by atoms with van der Waals surface area (Å²) < 4.78 is 31.7. The van der Waals surface area contributed by atoms with Crippen LogP contribution in [0.2, 0.25) is 0 Å². The maximum absolute atomic E-state index is 13.2. The lowest BCUT2D eigenvalue weighted by atomic mass is 9.97. The average Bonchev–Trinajstić information content (AvgIpc) is 2.91. The summed E-state index contributed by atoms with van der Waals surface area (Å²) >= 11 is 0. The van der Waals surface area contributed by atoms with Crippen molar-refractivity contribution in [2.24, 2.45) is 5.73 Å². The fourth-order valence-corrected chi connectivity index (χ4v) is 2.56. The summed E-state index contributed by atoms with van der Waals surface area (Å²) in [5, 5.41) is 0. The molecule has 0 saturated heterocycles. The third kappa shape index (κ3) is 2.39. The SMILES string of the molecule is NC(Cc1ccc(F)c(F)c1)c1cccc2c1OCC2. The van der Waals surface area contributed by atoms with Crippen LogP contribution in [-0.4, -0.2) is 6.61 Å². The number of ether oxygens (including phenoxy) is 1. The van der Waals surface area contributed by atoms with Gasteiger partial charge in [0.15, 0.2) is 11.6 Å². The molecule has 0 saturated carbocycles. The molecule has 0 bridgehead atoms. The molecule has 4 heteroatoms. The van der Waals surface area contributed by atoms with Gasteiger partial charge >= 0.3 is 0 Å². The number of hydrogen-bond acceptors (Lipinski definition) is 2. The zero-order valence-corrected chi connectivity index (χ0v) is 10.9. The van der Waals surface area contributed by atoms with Gasteiger partial charge in [-0.15, -0.1) is 0 Å². The van der Waals surface area contributed by atoms with Gasteiger partial charge in [0.1, 0.15) is 5.75 Å². The first-order valence-corrected chi connectivity index (χ1v) is 6.59. The van der Waals surface area contributed by atoms with Crippen molar-refractivity contribution in [1.82, 2.24) is 0 Å². The van der Waals surface area contributed by atoms with Crippen LogP contribution in [0.5, 0.6) is 5.75 Å². The molecule has 20 heavy (non-hydrogen) atoms. The zero-order chi connectivity index (χ0) is 14.1. The van der Waals surface area contributed by atoms with Crippen molar-refractivity contribution < 1.29 is 13.5 Å². The average molecular weight is 275 g/mol.